The van der Waals surface area contributed by atoms with Gasteiger partial charge in [0.1, 0.15) is 18.9 Å². The molecule has 0 spiro atoms. The van der Waals surface area contributed by atoms with Crippen LogP contribution in [0.1, 0.15) is 64.2 Å². The number of amides is 4. The molecule has 2 unspecified atom stereocenters. The van der Waals surface area contributed by atoms with Crippen molar-refractivity contribution in [1.82, 2.24) is 15.1 Å². The van der Waals surface area contributed by atoms with Crippen LogP contribution >= 0.6 is 0 Å². The Morgan fingerprint density at radius 3 is 1.98 bits per heavy atom. The lowest BCUT2D eigenvalue weighted by Gasteiger charge is -2.36. The molecular weight excluding hydrogens is 570 g/mol. The van der Waals surface area contributed by atoms with E-state index in [2.05, 4.69) is 5.32 Å². The minimum atomic E-state index is -0.752. The van der Waals surface area contributed by atoms with Crippen LogP contribution in [0.25, 0.3) is 0 Å². The topological polar surface area (TPSA) is 141 Å². The lowest BCUT2D eigenvalue weighted by molar-refractivity contribution is -0.144. The second-order valence-electron chi connectivity index (χ2n) is 10.9. The molecule has 0 bridgehead atoms. The predicted molar refractivity (Wildman–Crippen MR) is 152 cm³/mol. The number of imide groups is 2. The van der Waals surface area contributed by atoms with Gasteiger partial charge in [0.05, 0.1) is 35.4 Å². The van der Waals surface area contributed by atoms with Gasteiger partial charge in [0.2, 0.25) is 6.79 Å². The first kappa shape index (κ1) is 27.6. The van der Waals surface area contributed by atoms with Gasteiger partial charge in [-0.05, 0) is 37.6 Å². The van der Waals surface area contributed by atoms with Gasteiger partial charge in [-0.25, -0.2) is 0 Å². The number of nitrogens with zero attached hydrogens (tertiary/aromatic N) is 2. The summed E-state index contributed by atoms with van der Waals surface area (Å²) < 4.78 is 23.0. The summed E-state index contributed by atoms with van der Waals surface area (Å²) in [5, 5.41) is 3.42. The molecule has 0 aromatic heterocycles. The summed E-state index contributed by atoms with van der Waals surface area (Å²) in [5.41, 5.74) is 3.36. The number of methoxy groups -OCH3 is 1. The molecule has 224 valence electrons. The third-order valence-corrected chi connectivity index (χ3v) is 8.43. The molecule has 44 heavy (non-hydrogen) atoms. The highest BCUT2D eigenvalue weighted by Crippen LogP contribution is 2.50. The zero-order valence-electron chi connectivity index (χ0n) is 23.9. The van der Waals surface area contributed by atoms with Gasteiger partial charge in [-0.1, -0.05) is 24.3 Å². The highest BCUT2D eigenvalue weighted by atomic mass is 16.7. The zero-order valence-corrected chi connectivity index (χ0v) is 23.9. The molecule has 0 radical (unpaired) electrons. The number of ether oxygens (including phenoxy) is 4. The summed E-state index contributed by atoms with van der Waals surface area (Å²) in [5.74, 6) is -1.06. The Balaban J connectivity index is 1.14. The number of esters is 1. The maximum absolute atomic E-state index is 13.3. The second-order valence-corrected chi connectivity index (χ2v) is 10.9. The highest BCUT2D eigenvalue weighted by Gasteiger charge is 2.43. The highest BCUT2D eigenvalue weighted by molar-refractivity contribution is 6.22. The SMILES string of the molecule is COc1c(C)c2c(c3c1CC(COC(=O)CN1C(=O)c4ccccc4C1=O)NC3CN1C(=O)c3ccccc3C1=O)OCO2. The molecule has 2 atom stereocenters. The number of nitrogens with one attached hydrogen (secondary N) is 1. The molecule has 7 rings (SSSR count). The van der Waals surface area contributed by atoms with Crippen LogP contribution in [0, 0.1) is 6.92 Å². The molecule has 3 aromatic carbocycles. The average Bonchev–Trinajstić information content (AvgIpc) is 3.68. The number of rotatable bonds is 7. The molecule has 1 N–H and O–H groups in total. The summed E-state index contributed by atoms with van der Waals surface area (Å²) in [6.45, 7) is 1.19. The molecule has 0 fully saturated rings. The molecular formula is C32H27N3O9. The van der Waals surface area contributed by atoms with Gasteiger partial charge in [-0.3, -0.25) is 33.8 Å². The fourth-order valence-corrected chi connectivity index (χ4v) is 6.46. The smallest absolute Gasteiger partial charge is 0.326 e. The lowest BCUT2D eigenvalue weighted by Crippen LogP contribution is -2.48. The fraction of sp³-hybridized carbons (Fsp3) is 0.281. The summed E-state index contributed by atoms with van der Waals surface area (Å²) in [4.78, 5) is 66.9. The fourth-order valence-electron chi connectivity index (χ4n) is 6.46. The van der Waals surface area contributed by atoms with E-state index in [1.807, 2.05) is 6.92 Å². The average molecular weight is 598 g/mol. The van der Waals surface area contributed by atoms with E-state index in [0.29, 0.717) is 40.4 Å². The molecule has 12 heteroatoms. The van der Waals surface area contributed by atoms with Crippen LogP contribution in [-0.4, -0.2) is 79.0 Å². The van der Waals surface area contributed by atoms with E-state index in [9.17, 15) is 24.0 Å². The minimum absolute atomic E-state index is 0.00830. The van der Waals surface area contributed by atoms with E-state index in [1.54, 1.807) is 55.6 Å². The van der Waals surface area contributed by atoms with Crippen LogP contribution in [0.2, 0.25) is 0 Å². The van der Waals surface area contributed by atoms with Crippen LogP contribution in [-0.2, 0) is 16.0 Å². The van der Waals surface area contributed by atoms with Crippen molar-refractivity contribution in [3.63, 3.8) is 0 Å². The van der Waals surface area contributed by atoms with Gasteiger partial charge in [0.15, 0.2) is 11.5 Å². The van der Waals surface area contributed by atoms with E-state index >= 15 is 0 Å². The monoisotopic (exact) mass is 597 g/mol. The maximum atomic E-state index is 13.3. The lowest BCUT2D eigenvalue weighted by atomic mass is 9.86. The molecule has 4 amide bonds. The van der Waals surface area contributed by atoms with Crippen molar-refractivity contribution in [2.24, 2.45) is 0 Å². The molecule has 4 aliphatic heterocycles. The number of carbonyl (C=O) groups is 5. The Hall–Kier alpha value is -5.23. The van der Waals surface area contributed by atoms with Gasteiger partial charge in [0.25, 0.3) is 23.6 Å². The minimum Gasteiger partial charge on any atom is -0.496 e. The van der Waals surface area contributed by atoms with Crippen LogP contribution in [0.4, 0.5) is 0 Å². The molecule has 0 aliphatic carbocycles. The van der Waals surface area contributed by atoms with Gasteiger partial charge >= 0.3 is 5.97 Å². The van der Waals surface area contributed by atoms with Crippen LogP contribution in [0.5, 0.6) is 17.2 Å². The van der Waals surface area contributed by atoms with E-state index in [-0.39, 0.29) is 31.1 Å². The number of hydrogen-bond acceptors (Lipinski definition) is 10. The van der Waals surface area contributed by atoms with Gasteiger partial charge in [-0.15, -0.1) is 0 Å². The van der Waals surface area contributed by atoms with E-state index < -0.39 is 48.2 Å². The Morgan fingerprint density at radius 1 is 0.864 bits per heavy atom. The Bertz CT molecular complexity index is 1710. The normalized spacial score (nSPS) is 19.7. The summed E-state index contributed by atoms with van der Waals surface area (Å²) in [7, 11) is 1.54. The quantitative estimate of drug-likeness (QED) is 0.319. The summed E-state index contributed by atoms with van der Waals surface area (Å²) >= 11 is 0. The van der Waals surface area contributed by atoms with Crippen LogP contribution in [0.15, 0.2) is 48.5 Å². The van der Waals surface area contributed by atoms with E-state index in [4.69, 9.17) is 18.9 Å². The van der Waals surface area contributed by atoms with Crippen molar-refractivity contribution in [3.8, 4) is 17.2 Å². The van der Waals surface area contributed by atoms with Gasteiger partial charge < -0.3 is 24.3 Å². The maximum Gasteiger partial charge on any atom is 0.326 e. The molecule has 4 heterocycles. The molecule has 0 saturated carbocycles. The Kier molecular flexibility index (Phi) is 6.58. The van der Waals surface area contributed by atoms with Crippen LogP contribution in [0.3, 0.4) is 0 Å². The Labute approximate surface area is 251 Å². The van der Waals surface area contributed by atoms with Gasteiger partial charge in [0, 0.05) is 29.3 Å². The third kappa shape index (κ3) is 4.21. The van der Waals surface area contributed by atoms with Crippen molar-refractivity contribution >= 4 is 29.6 Å². The molecule has 12 nitrogen and oxygen atoms in total. The van der Waals surface area contributed by atoms with Crippen molar-refractivity contribution in [3.05, 3.63) is 87.5 Å². The third-order valence-electron chi connectivity index (χ3n) is 8.43. The summed E-state index contributed by atoms with van der Waals surface area (Å²) in [6.07, 6.45) is 0.356. The first-order chi connectivity index (χ1) is 21.3. The number of carbonyl (C=O) groups excluding carboxylic acids is 5. The summed E-state index contributed by atoms with van der Waals surface area (Å²) in [6, 6.07) is 12.0. The number of benzene rings is 3. The molecule has 4 aliphatic rings. The first-order valence-corrected chi connectivity index (χ1v) is 14.1. The number of hydrogen-bond donors (Lipinski definition) is 1. The zero-order chi connectivity index (χ0) is 30.7. The molecule has 0 saturated heterocycles. The van der Waals surface area contributed by atoms with Gasteiger partial charge in [-0.2, -0.15) is 0 Å². The van der Waals surface area contributed by atoms with Crippen LogP contribution < -0.4 is 19.5 Å². The molecule has 3 aromatic rings. The van der Waals surface area contributed by atoms with E-state index in [0.717, 1.165) is 16.0 Å². The standard InChI is InChI=1S/C32H27N3O9/c1-16-26(41-2)22-11-17(14-42-24(36)13-35-31(39)20-9-5-6-10-21(20)32(35)40)33-23(25(22)28-27(16)43-15-44-28)12-34-29(37)18-7-3-4-8-19(18)30(34)38/h3-10,17,23,33H,11-15H2,1-2H3. The van der Waals surface area contributed by atoms with E-state index in [1.165, 1.54) is 4.90 Å². The Morgan fingerprint density at radius 2 is 1.41 bits per heavy atom. The number of fused-ring (bicyclic) bond motifs is 5. The van der Waals surface area contributed by atoms with Crippen molar-refractivity contribution < 1.29 is 42.9 Å². The van der Waals surface area contributed by atoms with Crippen molar-refractivity contribution in [2.75, 3.05) is 33.6 Å². The largest absolute Gasteiger partial charge is 0.496 e. The first-order valence-electron chi connectivity index (χ1n) is 14.1. The van der Waals surface area contributed by atoms with Crippen molar-refractivity contribution in [2.45, 2.75) is 25.4 Å². The van der Waals surface area contributed by atoms with Crippen molar-refractivity contribution in [1.29, 1.82) is 0 Å². The predicted octanol–water partition coefficient (Wildman–Crippen LogP) is 2.42. The second kappa shape index (κ2) is 10.5.